The van der Waals surface area contributed by atoms with Gasteiger partial charge in [0.15, 0.2) is 0 Å². The van der Waals surface area contributed by atoms with Crippen LogP contribution in [0.3, 0.4) is 0 Å². The molecule has 0 radical (unpaired) electrons. The first-order valence-electron chi connectivity index (χ1n) is 22.8. The quantitative estimate of drug-likeness (QED) is 0.0921. The minimum absolute atomic E-state index is 0.185. The van der Waals surface area contributed by atoms with Crippen LogP contribution in [0.15, 0.2) is 96.1 Å². The molecule has 0 aliphatic heterocycles. The van der Waals surface area contributed by atoms with Gasteiger partial charge in [-0.15, -0.1) is 0 Å². The standard InChI is InChI=1S/2C23H27.C6H11BN2O2.2ClH.Zr/c2*1-4-5-9-19-10-6-7-12-21(19)22-13-8-11-20-15-18(14-17(2)3)16-23(20)22;1-3-5(10)8-7-9-6(11)4-2;;;/h2*6-8,10-13,15-17H,4-5,9,14H2,1-3H3;3-4H2,1-2H3,(H-,8,9,10,11);2*1H;/q;;;;;+1/p-1. The van der Waals surface area contributed by atoms with Crippen LogP contribution in [-0.2, 0) is 38.6 Å². The topological polar surface area (TPSA) is 58.2 Å². The van der Waals surface area contributed by atoms with Gasteiger partial charge in [0.05, 0.1) is 0 Å². The van der Waals surface area contributed by atoms with Gasteiger partial charge in [-0.3, -0.25) is 0 Å². The molecule has 0 spiro atoms. The molecule has 2 amide bonds. The summed E-state index contributed by atoms with van der Waals surface area (Å²) in [5, 5.41) is 6.67. The molecule has 0 aromatic heterocycles. The van der Waals surface area contributed by atoms with E-state index in [1.165, 1.54) is 44.5 Å². The first-order chi connectivity index (χ1) is 28.8. The summed E-state index contributed by atoms with van der Waals surface area (Å²) in [4.78, 5) is 27.7. The van der Waals surface area contributed by atoms with Crippen molar-refractivity contribution in [2.24, 2.45) is 11.8 Å². The third kappa shape index (κ3) is 9.28. The first kappa shape index (κ1) is 46.3. The predicted molar refractivity (Wildman–Crippen MR) is 256 cm³/mol. The van der Waals surface area contributed by atoms with Crippen LogP contribution in [0.25, 0.3) is 34.4 Å². The van der Waals surface area contributed by atoms with Gasteiger partial charge < -0.3 is 0 Å². The van der Waals surface area contributed by atoms with Crippen LogP contribution in [0.1, 0.15) is 147 Å². The molecule has 0 fully saturated rings. The molecule has 4 aromatic rings. The monoisotopic (exact) mass is 921 g/mol. The Bertz CT molecular complexity index is 2110. The van der Waals surface area contributed by atoms with Crippen molar-refractivity contribution >= 4 is 45.5 Å². The number of hydrogen-bond acceptors (Lipinski definition) is 2. The van der Waals surface area contributed by atoms with Crippen molar-refractivity contribution in [2.45, 2.75) is 127 Å². The molecule has 8 heteroatoms. The van der Waals surface area contributed by atoms with Gasteiger partial charge in [-0.25, -0.2) is 0 Å². The molecule has 60 heavy (non-hydrogen) atoms. The summed E-state index contributed by atoms with van der Waals surface area (Å²) in [6, 6.07) is 30.8. The molecular formula is C52H66BCl2N2O2Zr. The molecule has 4 aromatic carbocycles. The maximum absolute atomic E-state index is 13.9. The summed E-state index contributed by atoms with van der Waals surface area (Å²) in [5.41, 5.74) is 14.4. The Morgan fingerprint density at radius 3 is 1.33 bits per heavy atom. The first-order valence-corrected chi connectivity index (χ1v) is 33.3. The van der Waals surface area contributed by atoms with E-state index in [1.807, 2.05) is 13.8 Å². The van der Waals surface area contributed by atoms with Crippen molar-refractivity contribution in [2.75, 3.05) is 0 Å². The molecule has 2 aliphatic rings. The van der Waals surface area contributed by atoms with Crippen molar-refractivity contribution in [1.82, 2.24) is 10.5 Å². The normalized spacial score (nSPS) is 16.5. The van der Waals surface area contributed by atoms with E-state index in [0.29, 0.717) is 11.8 Å². The molecule has 317 valence electrons. The fourth-order valence-electron chi connectivity index (χ4n) is 10.1. The zero-order valence-corrected chi connectivity index (χ0v) is 41.2. The molecular weight excluding hydrogens is 858 g/mol. The Morgan fingerprint density at radius 2 is 0.967 bits per heavy atom. The number of nitrogens with one attached hydrogen (secondary N) is 2. The maximum atomic E-state index is 13.9. The zero-order chi connectivity index (χ0) is 43.2. The summed E-state index contributed by atoms with van der Waals surface area (Å²) < 4.78 is -1.75. The van der Waals surface area contributed by atoms with E-state index in [2.05, 4.69) is 149 Å². The molecule has 2 atom stereocenters. The van der Waals surface area contributed by atoms with Crippen LogP contribution in [0, 0.1) is 11.8 Å². The van der Waals surface area contributed by atoms with Gasteiger partial charge in [-0.05, 0) is 0 Å². The van der Waals surface area contributed by atoms with Crippen molar-refractivity contribution in [3.8, 4) is 22.3 Å². The van der Waals surface area contributed by atoms with Crippen LogP contribution >= 0.6 is 17.0 Å². The minimum atomic E-state index is -6.07. The van der Waals surface area contributed by atoms with Crippen molar-refractivity contribution in [3.05, 3.63) is 129 Å². The summed E-state index contributed by atoms with van der Waals surface area (Å²) in [6.07, 6.45) is 13.3. The number of aryl methyl sites for hydroxylation is 2. The molecule has 2 N–H and O–H groups in total. The second-order valence-electron chi connectivity index (χ2n) is 18.1. The fourth-order valence-corrected chi connectivity index (χ4v) is 30.7. The fraction of sp³-hybridized carbons (Fsp3) is 0.423. The summed E-state index contributed by atoms with van der Waals surface area (Å²) in [7, 11) is 18.1. The van der Waals surface area contributed by atoms with Crippen LogP contribution in [0.5, 0.6) is 0 Å². The number of carbonyl (C=O) groups excluding carboxylic acids is 2. The number of hydrogen-bond donors (Lipinski definition) is 2. The second kappa shape index (κ2) is 19.9. The molecule has 0 saturated heterocycles. The number of rotatable bonds is 19. The predicted octanol–water partition coefficient (Wildman–Crippen LogP) is 14.4. The van der Waals surface area contributed by atoms with E-state index in [4.69, 9.17) is 17.0 Å². The summed E-state index contributed by atoms with van der Waals surface area (Å²) in [6.45, 7) is 17.2. The number of carbonyl (C=O) groups is 2. The molecule has 4 nitrogen and oxygen atoms in total. The van der Waals surface area contributed by atoms with Gasteiger partial charge in [-0.2, -0.15) is 0 Å². The van der Waals surface area contributed by atoms with E-state index in [-0.39, 0.29) is 24.7 Å². The van der Waals surface area contributed by atoms with Gasteiger partial charge in [0.2, 0.25) is 0 Å². The number of halogens is 2. The van der Waals surface area contributed by atoms with Gasteiger partial charge in [0.1, 0.15) is 0 Å². The zero-order valence-electron chi connectivity index (χ0n) is 37.3. The number of amides is 2. The molecule has 0 bridgehead atoms. The number of unbranched alkanes of at least 4 members (excludes halogenated alkanes) is 2. The molecule has 6 rings (SSSR count). The number of allylic oxidation sites excluding steroid dienone is 2. The number of fused-ring (bicyclic) bond motifs is 2. The molecule has 2 aliphatic carbocycles. The Labute approximate surface area is 369 Å². The average Bonchev–Trinajstić information content (AvgIpc) is 3.80. The molecule has 0 saturated carbocycles. The third-order valence-electron chi connectivity index (χ3n) is 12.7. The van der Waals surface area contributed by atoms with Gasteiger partial charge in [0, 0.05) is 0 Å². The average molecular weight is 924 g/mol. The van der Waals surface area contributed by atoms with Crippen LogP contribution in [0.2, 0.25) is 0 Å². The Balaban J connectivity index is 1.71. The van der Waals surface area contributed by atoms with E-state index >= 15 is 0 Å². The SMILES string of the molecule is CCCCc1ccccc1-c1cccc2c1C=C(CC(C)C)[CH]2[Zr]([Cl])([Cl])([B](NC(=O)CC)NC(=O)CC)[CH]1C(CC(C)C)=Cc2c(-c3ccccc3CCCC)cccc21. The van der Waals surface area contributed by atoms with Crippen molar-refractivity contribution in [1.29, 1.82) is 0 Å². The van der Waals surface area contributed by atoms with Gasteiger partial charge in [0.25, 0.3) is 0 Å². The third-order valence-corrected chi connectivity index (χ3v) is 32.7. The van der Waals surface area contributed by atoms with E-state index in [1.54, 1.807) is 0 Å². The Hall–Kier alpha value is -3.17. The second-order valence-corrected chi connectivity index (χ2v) is 39.6. The van der Waals surface area contributed by atoms with Gasteiger partial charge >= 0.3 is 372 Å². The van der Waals surface area contributed by atoms with E-state index in [9.17, 15) is 9.59 Å². The van der Waals surface area contributed by atoms with Gasteiger partial charge in [-0.1, -0.05) is 0 Å². The molecule has 2 unspecified atom stereocenters. The van der Waals surface area contributed by atoms with E-state index < -0.39 is 27.9 Å². The summed E-state index contributed by atoms with van der Waals surface area (Å²) >= 11 is -6.07. The van der Waals surface area contributed by atoms with Crippen LogP contribution < -0.4 is 10.5 Å². The number of benzene rings is 4. The molecule has 0 heterocycles. The van der Waals surface area contributed by atoms with Crippen LogP contribution in [0.4, 0.5) is 0 Å². The van der Waals surface area contributed by atoms with Crippen molar-refractivity contribution < 1.29 is 25.8 Å². The Kier molecular flexibility index (Phi) is 15.4. The Morgan fingerprint density at radius 1 is 0.583 bits per heavy atom. The van der Waals surface area contributed by atoms with E-state index in [0.717, 1.165) is 73.6 Å². The summed E-state index contributed by atoms with van der Waals surface area (Å²) in [5.74, 6) is 0.246. The van der Waals surface area contributed by atoms with Crippen molar-refractivity contribution in [3.63, 3.8) is 0 Å². The van der Waals surface area contributed by atoms with Crippen LogP contribution in [-0.4, -0.2) is 16.3 Å².